The molecule has 3 heteroatoms. The summed E-state index contributed by atoms with van der Waals surface area (Å²) in [6.45, 7) is 1.67. The second kappa shape index (κ2) is 5.48. The SMILES string of the molecule is C(=C\c1cccnc1)/C1=NCCNc2ccccc21. The summed E-state index contributed by atoms with van der Waals surface area (Å²) in [6.07, 6.45) is 7.73. The molecule has 1 aliphatic rings. The fourth-order valence-electron chi connectivity index (χ4n) is 2.10. The molecule has 0 saturated heterocycles. The lowest BCUT2D eigenvalue weighted by molar-refractivity contribution is 1.04. The van der Waals surface area contributed by atoms with Crippen molar-refractivity contribution in [3.8, 4) is 0 Å². The first-order chi connectivity index (χ1) is 9.43. The van der Waals surface area contributed by atoms with Crippen LogP contribution in [0.1, 0.15) is 11.1 Å². The highest BCUT2D eigenvalue weighted by Crippen LogP contribution is 2.19. The summed E-state index contributed by atoms with van der Waals surface area (Å²) in [5.41, 5.74) is 4.40. The van der Waals surface area contributed by atoms with Crippen LogP contribution in [-0.4, -0.2) is 23.8 Å². The van der Waals surface area contributed by atoms with Gasteiger partial charge in [-0.05, 0) is 23.8 Å². The smallest absolute Gasteiger partial charge is 0.0668 e. The van der Waals surface area contributed by atoms with E-state index in [1.165, 1.54) is 0 Å². The standard InChI is InChI=1S/C16H15N3/c1-2-6-15-14(5-1)16(19-11-10-18-15)8-7-13-4-3-9-17-12-13/h1-9,12,18H,10-11H2/b8-7+. The van der Waals surface area contributed by atoms with Gasteiger partial charge in [-0.25, -0.2) is 0 Å². The van der Waals surface area contributed by atoms with E-state index in [0.29, 0.717) is 0 Å². The summed E-state index contributed by atoms with van der Waals surface area (Å²) in [4.78, 5) is 8.73. The molecule has 1 N–H and O–H groups in total. The third kappa shape index (κ3) is 2.71. The summed E-state index contributed by atoms with van der Waals surface area (Å²) in [6, 6.07) is 12.2. The molecule has 0 bridgehead atoms. The molecule has 0 amide bonds. The minimum atomic E-state index is 0.793. The van der Waals surface area contributed by atoms with Crippen LogP contribution < -0.4 is 5.32 Å². The first kappa shape index (κ1) is 11.7. The van der Waals surface area contributed by atoms with Gasteiger partial charge in [-0.15, -0.1) is 0 Å². The van der Waals surface area contributed by atoms with E-state index in [1.54, 1.807) is 6.20 Å². The van der Waals surface area contributed by atoms with E-state index in [2.05, 4.69) is 33.5 Å². The predicted octanol–water partition coefficient (Wildman–Crippen LogP) is 3.01. The first-order valence-electron chi connectivity index (χ1n) is 6.39. The number of para-hydroxylation sites is 1. The van der Waals surface area contributed by atoms with E-state index >= 15 is 0 Å². The van der Waals surface area contributed by atoms with Crippen LogP contribution in [0.3, 0.4) is 0 Å². The molecular weight excluding hydrogens is 234 g/mol. The van der Waals surface area contributed by atoms with Gasteiger partial charge in [0.25, 0.3) is 0 Å². The summed E-state index contributed by atoms with van der Waals surface area (Å²) >= 11 is 0. The third-order valence-corrected chi connectivity index (χ3v) is 3.03. The highest BCUT2D eigenvalue weighted by Gasteiger charge is 2.08. The number of nitrogens with one attached hydrogen (secondary N) is 1. The number of hydrogen-bond acceptors (Lipinski definition) is 3. The quantitative estimate of drug-likeness (QED) is 0.888. The molecule has 1 aromatic carbocycles. The van der Waals surface area contributed by atoms with Crippen molar-refractivity contribution in [2.45, 2.75) is 0 Å². The Morgan fingerprint density at radius 2 is 2.00 bits per heavy atom. The van der Waals surface area contributed by atoms with Crippen molar-refractivity contribution in [3.05, 3.63) is 66.0 Å². The molecule has 1 aliphatic heterocycles. The lowest BCUT2D eigenvalue weighted by atomic mass is 10.1. The fraction of sp³-hybridized carbons (Fsp3) is 0.125. The number of nitrogens with zero attached hydrogens (tertiary/aromatic N) is 2. The molecule has 0 radical (unpaired) electrons. The number of rotatable bonds is 2. The molecular formula is C16H15N3. The number of allylic oxidation sites excluding steroid dienone is 1. The number of hydrogen-bond donors (Lipinski definition) is 1. The Labute approximate surface area is 112 Å². The van der Waals surface area contributed by atoms with Crippen molar-refractivity contribution >= 4 is 17.5 Å². The number of benzodiazepines with no additional fused rings is 1. The molecule has 0 spiro atoms. The van der Waals surface area contributed by atoms with Gasteiger partial charge in [0.05, 0.1) is 12.3 Å². The zero-order chi connectivity index (χ0) is 12.9. The Kier molecular flexibility index (Phi) is 3.36. The molecule has 0 unspecified atom stereocenters. The normalized spacial score (nSPS) is 14.4. The topological polar surface area (TPSA) is 37.3 Å². The maximum absolute atomic E-state index is 4.63. The first-order valence-corrected chi connectivity index (χ1v) is 6.39. The van der Waals surface area contributed by atoms with Crippen molar-refractivity contribution in [1.29, 1.82) is 0 Å². The molecule has 0 saturated carbocycles. The average Bonchev–Trinajstić information content (AvgIpc) is 2.68. The summed E-state index contributed by atoms with van der Waals surface area (Å²) < 4.78 is 0. The van der Waals surface area contributed by atoms with Crippen molar-refractivity contribution in [2.24, 2.45) is 4.99 Å². The van der Waals surface area contributed by atoms with Crippen LogP contribution in [-0.2, 0) is 0 Å². The van der Waals surface area contributed by atoms with Crippen LogP contribution in [0.4, 0.5) is 5.69 Å². The van der Waals surface area contributed by atoms with E-state index in [0.717, 1.165) is 35.6 Å². The summed E-state index contributed by atoms with van der Waals surface area (Å²) in [7, 11) is 0. The molecule has 0 aliphatic carbocycles. The van der Waals surface area contributed by atoms with Gasteiger partial charge in [0.15, 0.2) is 0 Å². The van der Waals surface area contributed by atoms with Crippen LogP contribution in [0.2, 0.25) is 0 Å². The molecule has 0 atom stereocenters. The van der Waals surface area contributed by atoms with E-state index in [-0.39, 0.29) is 0 Å². The van der Waals surface area contributed by atoms with Gasteiger partial charge in [-0.2, -0.15) is 0 Å². The minimum Gasteiger partial charge on any atom is -0.383 e. The number of benzene rings is 1. The average molecular weight is 249 g/mol. The number of aliphatic imine (C=N–C) groups is 1. The largest absolute Gasteiger partial charge is 0.383 e. The summed E-state index contributed by atoms with van der Waals surface area (Å²) in [5.74, 6) is 0. The van der Waals surface area contributed by atoms with E-state index < -0.39 is 0 Å². The molecule has 2 heterocycles. The monoisotopic (exact) mass is 249 g/mol. The van der Waals surface area contributed by atoms with E-state index in [4.69, 9.17) is 0 Å². The van der Waals surface area contributed by atoms with Crippen molar-refractivity contribution in [2.75, 3.05) is 18.4 Å². The highest BCUT2D eigenvalue weighted by atomic mass is 14.9. The molecule has 0 fully saturated rings. The minimum absolute atomic E-state index is 0.793. The van der Waals surface area contributed by atoms with Gasteiger partial charge in [0.2, 0.25) is 0 Å². The van der Waals surface area contributed by atoms with Crippen molar-refractivity contribution < 1.29 is 0 Å². The molecule has 94 valence electrons. The Bertz CT molecular complexity index is 615. The van der Waals surface area contributed by atoms with Crippen LogP contribution in [0.15, 0.2) is 59.9 Å². The van der Waals surface area contributed by atoms with Gasteiger partial charge in [-0.1, -0.05) is 30.3 Å². The van der Waals surface area contributed by atoms with Crippen molar-refractivity contribution in [1.82, 2.24) is 4.98 Å². The van der Waals surface area contributed by atoms with Crippen LogP contribution in [0, 0.1) is 0 Å². The number of pyridine rings is 1. The molecule has 2 aromatic rings. The molecule has 3 rings (SSSR count). The Balaban J connectivity index is 1.93. The third-order valence-electron chi connectivity index (χ3n) is 3.03. The van der Waals surface area contributed by atoms with E-state index in [9.17, 15) is 0 Å². The molecule has 3 nitrogen and oxygen atoms in total. The van der Waals surface area contributed by atoms with Gasteiger partial charge >= 0.3 is 0 Å². The maximum Gasteiger partial charge on any atom is 0.0668 e. The zero-order valence-corrected chi connectivity index (χ0v) is 10.6. The molecule has 19 heavy (non-hydrogen) atoms. The highest BCUT2D eigenvalue weighted by molar-refractivity contribution is 6.14. The second-order valence-electron chi connectivity index (χ2n) is 4.36. The summed E-state index contributed by atoms with van der Waals surface area (Å²) in [5, 5.41) is 3.39. The fourth-order valence-corrected chi connectivity index (χ4v) is 2.10. The number of aromatic nitrogens is 1. The zero-order valence-electron chi connectivity index (χ0n) is 10.6. The van der Waals surface area contributed by atoms with E-state index in [1.807, 2.05) is 36.5 Å². The maximum atomic E-state index is 4.63. The van der Waals surface area contributed by atoms with Crippen LogP contribution in [0.5, 0.6) is 0 Å². The molecule has 1 aromatic heterocycles. The Hall–Kier alpha value is -2.42. The lowest BCUT2D eigenvalue weighted by Crippen LogP contribution is -2.03. The van der Waals surface area contributed by atoms with Gasteiger partial charge in [-0.3, -0.25) is 9.98 Å². The van der Waals surface area contributed by atoms with Gasteiger partial charge < -0.3 is 5.32 Å². The Morgan fingerprint density at radius 3 is 2.89 bits per heavy atom. The second-order valence-corrected chi connectivity index (χ2v) is 4.36. The number of anilines is 1. The van der Waals surface area contributed by atoms with Crippen LogP contribution >= 0.6 is 0 Å². The van der Waals surface area contributed by atoms with Gasteiger partial charge in [0, 0.05) is 30.2 Å². The predicted molar refractivity (Wildman–Crippen MR) is 79.6 cm³/mol. The van der Waals surface area contributed by atoms with Crippen LogP contribution in [0.25, 0.3) is 6.08 Å². The van der Waals surface area contributed by atoms with Gasteiger partial charge in [0.1, 0.15) is 0 Å². The van der Waals surface area contributed by atoms with Crippen molar-refractivity contribution in [3.63, 3.8) is 0 Å². The lowest BCUT2D eigenvalue weighted by Gasteiger charge is -2.06. The Morgan fingerprint density at radius 1 is 1.05 bits per heavy atom. The number of fused-ring (bicyclic) bond motifs is 1.